The second kappa shape index (κ2) is 11.0. The predicted octanol–water partition coefficient (Wildman–Crippen LogP) is 2.64. The lowest BCUT2D eigenvalue weighted by Gasteiger charge is -2.32. The maximum absolute atomic E-state index is 12.3. The topological polar surface area (TPSA) is 67.9 Å². The summed E-state index contributed by atoms with van der Waals surface area (Å²) in [6.07, 6.45) is 3.06. The van der Waals surface area contributed by atoms with Crippen LogP contribution in [0.4, 0.5) is 0 Å². The number of methoxy groups -OCH3 is 1. The number of para-hydroxylation sites is 1. The van der Waals surface area contributed by atoms with Crippen molar-refractivity contribution in [2.45, 2.75) is 38.1 Å². The molecule has 0 unspecified atom stereocenters. The van der Waals surface area contributed by atoms with E-state index in [-0.39, 0.29) is 17.9 Å². The fourth-order valence-corrected chi connectivity index (χ4v) is 3.08. The van der Waals surface area contributed by atoms with Gasteiger partial charge in [0.05, 0.1) is 18.2 Å². The molecule has 1 N–H and O–H groups in total. The van der Waals surface area contributed by atoms with Crippen LogP contribution in [-0.2, 0) is 14.3 Å². The molecule has 6 nitrogen and oxygen atoms in total. The largest absolute Gasteiger partial charge is 0.492 e. The SMILES string of the molecule is COCCC(=O)NC1CCN(C(=O)CCCOc2ccccc2Cl)CC1. The minimum absolute atomic E-state index is 0.00773. The molecular weight excluding hydrogens is 356 g/mol. The third kappa shape index (κ3) is 6.84. The summed E-state index contributed by atoms with van der Waals surface area (Å²) < 4.78 is 10.5. The fourth-order valence-electron chi connectivity index (χ4n) is 2.89. The molecule has 1 aromatic carbocycles. The van der Waals surface area contributed by atoms with Crippen LogP contribution in [0.5, 0.6) is 5.75 Å². The zero-order chi connectivity index (χ0) is 18.8. The first-order valence-corrected chi connectivity index (χ1v) is 9.41. The van der Waals surface area contributed by atoms with Crippen LogP contribution in [0.3, 0.4) is 0 Å². The number of halogens is 1. The number of rotatable bonds is 9. The Morgan fingerprint density at radius 3 is 2.62 bits per heavy atom. The fraction of sp³-hybridized carbons (Fsp3) is 0.579. The summed E-state index contributed by atoms with van der Waals surface area (Å²) in [7, 11) is 1.58. The van der Waals surface area contributed by atoms with Gasteiger partial charge in [0.15, 0.2) is 0 Å². The molecule has 2 amide bonds. The number of benzene rings is 1. The molecule has 0 radical (unpaired) electrons. The van der Waals surface area contributed by atoms with E-state index in [4.69, 9.17) is 21.1 Å². The first-order valence-electron chi connectivity index (χ1n) is 9.03. The lowest BCUT2D eigenvalue weighted by atomic mass is 10.0. The van der Waals surface area contributed by atoms with Gasteiger partial charge in [-0.05, 0) is 31.4 Å². The van der Waals surface area contributed by atoms with Crippen molar-refractivity contribution in [2.75, 3.05) is 33.4 Å². The smallest absolute Gasteiger partial charge is 0.222 e. The van der Waals surface area contributed by atoms with Gasteiger partial charge in [-0.25, -0.2) is 0 Å². The lowest BCUT2D eigenvalue weighted by Crippen LogP contribution is -2.46. The van der Waals surface area contributed by atoms with E-state index in [2.05, 4.69) is 5.32 Å². The molecule has 7 heteroatoms. The quantitative estimate of drug-likeness (QED) is 0.667. The van der Waals surface area contributed by atoms with E-state index in [0.717, 1.165) is 12.8 Å². The maximum atomic E-state index is 12.3. The summed E-state index contributed by atoms with van der Waals surface area (Å²) >= 11 is 6.03. The van der Waals surface area contributed by atoms with Crippen molar-refractivity contribution in [2.24, 2.45) is 0 Å². The van der Waals surface area contributed by atoms with Gasteiger partial charge in [-0.3, -0.25) is 9.59 Å². The Kier molecular flexibility index (Phi) is 8.71. The van der Waals surface area contributed by atoms with Crippen LogP contribution >= 0.6 is 11.6 Å². The first-order chi connectivity index (χ1) is 12.6. The van der Waals surface area contributed by atoms with E-state index in [1.165, 1.54) is 0 Å². The summed E-state index contributed by atoms with van der Waals surface area (Å²) in [6, 6.07) is 7.45. The van der Waals surface area contributed by atoms with Crippen LogP contribution in [0.2, 0.25) is 5.02 Å². The maximum Gasteiger partial charge on any atom is 0.222 e. The molecule has 0 saturated carbocycles. The average Bonchev–Trinajstić information content (AvgIpc) is 2.65. The number of nitrogens with one attached hydrogen (secondary N) is 1. The molecule has 0 bridgehead atoms. The molecular formula is C19H27ClN2O4. The molecule has 0 spiro atoms. The van der Waals surface area contributed by atoms with Crippen molar-refractivity contribution in [3.8, 4) is 5.75 Å². The minimum Gasteiger partial charge on any atom is -0.492 e. The number of hydrogen-bond donors (Lipinski definition) is 1. The van der Waals surface area contributed by atoms with Gasteiger partial charge in [0.1, 0.15) is 5.75 Å². The van der Waals surface area contributed by atoms with E-state index in [1.807, 2.05) is 23.1 Å². The van der Waals surface area contributed by atoms with Gasteiger partial charge in [0.25, 0.3) is 0 Å². The minimum atomic E-state index is 0.00773. The predicted molar refractivity (Wildman–Crippen MR) is 100 cm³/mol. The highest BCUT2D eigenvalue weighted by atomic mass is 35.5. The number of nitrogens with zero attached hydrogens (tertiary/aromatic N) is 1. The Bertz CT molecular complexity index is 589. The van der Waals surface area contributed by atoms with Crippen LogP contribution in [0.25, 0.3) is 0 Å². The number of hydrogen-bond acceptors (Lipinski definition) is 4. The highest BCUT2D eigenvalue weighted by molar-refractivity contribution is 6.32. The van der Waals surface area contributed by atoms with E-state index < -0.39 is 0 Å². The van der Waals surface area contributed by atoms with Crippen molar-refractivity contribution in [1.82, 2.24) is 10.2 Å². The summed E-state index contributed by atoms with van der Waals surface area (Å²) in [5, 5.41) is 3.58. The number of piperidine rings is 1. The van der Waals surface area contributed by atoms with Crippen molar-refractivity contribution < 1.29 is 19.1 Å². The number of carbonyl (C=O) groups is 2. The third-order valence-electron chi connectivity index (χ3n) is 4.38. The first kappa shape index (κ1) is 20.5. The number of carbonyl (C=O) groups excluding carboxylic acids is 2. The molecule has 1 heterocycles. The van der Waals surface area contributed by atoms with Crippen LogP contribution in [0, 0.1) is 0 Å². The van der Waals surface area contributed by atoms with Gasteiger partial charge in [-0.1, -0.05) is 23.7 Å². The molecule has 1 fully saturated rings. The standard InChI is InChI=1S/C19H27ClN2O4/c1-25-14-10-18(23)21-15-8-11-22(12-9-15)19(24)7-4-13-26-17-6-3-2-5-16(17)20/h2-3,5-6,15H,4,7-14H2,1H3,(H,21,23). The number of likely N-dealkylation sites (tertiary alicyclic amines) is 1. The Labute approximate surface area is 159 Å². The van der Waals surface area contributed by atoms with Crippen molar-refractivity contribution in [1.29, 1.82) is 0 Å². The van der Waals surface area contributed by atoms with Gasteiger partial charge in [0, 0.05) is 39.1 Å². The van der Waals surface area contributed by atoms with E-state index in [0.29, 0.717) is 56.3 Å². The Balaban J connectivity index is 1.61. The summed E-state index contributed by atoms with van der Waals surface area (Å²) in [5.74, 6) is 0.789. The summed E-state index contributed by atoms with van der Waals surface area (Å²) in [6.45, 7) is 2.25. The molecule has 0 aliphatic carbocycles. The number of ether oxygens (including phenoxy) is 2. The zero-order valence-electron chi connectivity index (χ0n) is 15.2. The monoisotopic (exact) mass is 382 g/mol. The van der Waals surface area contributed by atoms with Crippen LogP contribution in [0.1, 0.15) is 32.1 Å². The number of amides is 2. The van der Waals surface area contributed by atoms with Crippen LogP contribution in [0.15, 0.2) is 24.3 Å². The second-order valence-corrected chi connectivity index (χ2v) is 6.76. The molecule has 1 saturated heterocycles. The van der Waals surface area contributed by atoms with Gasteiger partial charge >= 0.3 is 0 Å². The molecule has 0 aromatic heterocycles. The van der Waals surface area contributed by atoms with E-state index >= 15 is 0 Å². The van der Waals surface area contributed by atoms with Crippen molar-refractivity contribution in [3.05, 3.63) is 29.3 Å². The molecule has 1 aliphatic heterocycles. The normalized spacial score (nSPS) is 14.9. The summed E-state index contributed by atoms with van der Waals surface area (Å²) in [4.78, 5) is 25.9. The van der Waals surface area contributed by atoms with Crippen molar-refractivity contribution >= 4 is 23.4 Å². The Morgan fingerprint density at radius 1 is 1.19 bits per heavy atom. The van der Waals surface area contributed by atoms with Crippen LogP contribution in [-0.4, -0.2) is 56.2 Å². The Hall–Kier alpha value is -1.79. The molecule has 144 valence electrons. The Morgan fingerprint density at radius 2 is 1.92 bits per heavy atom. The summed E-state index contributed by atoms with van der Waals surface area (Å²) in [5.41, 5.74) is 0. The van der Waals surface area contributed by atoms with Gasteiger partial charge in [0.2, 0.25) is 11.8 Å². The zero-order valence-corrected chi connectivity index (χ0v) is 16.0. The molecule has 0 atom stereocenters. The van der Waals surface area contributed by atoms with E-state index in [1.54, 1.807) is 13.2 Å². The molecule has 1 aromatic rings. The van der Waals surface area contributed by atoms with Crippen LogP contribution < -0.4 is 10.1 Å². The molecule has 1 aliphatic rings. The molecule has 2 rings (SSSR count). The highest BCUT2D eigenvalue weighted by Gasteiger charge is 2.23. The van der Waals surface area contributed by atoms with Gasteiger partial charge in [-0.15, -0.1) is 0 Å². The van der Waals surface area contributed by atoms with Gasteiger partial charge < -0.3 is 19.7 Å². The molecule has 26 heavy (non-hydrogen) atoms. The highest BCUT2D eigenvalue weighted by Crippen LogP contribution is 2.23. The van der Waals surface area contributed by atoms with Gasteiger partial charge in [-0.2, -0.15) is 0 Å². The lowest BCUT2D eigenvalue weighted by molar-refractivity contribution is -0.132. The average molecular weight is 383 g/mol. The third-order valence-corrected chi connectivity index (χ3v) is 4.69. The van der Waals surface area contributed by atoms with Crippen molar-refractivity contribution in [3.63, 3.8) is 0 Å². The second-order valence-electron chi connectivity index (χ2n) is 6.35. The van der Waals surface area contributed by atoms with E-state index in [9.17, 15) is 9.59 Å².